The van der Waals surface area contributed by atoms with Crippen LogP contribution in [0.3, 0.4) is 0 Å². The molecule has 4 nitrogen and oxygen atoms in total. The Hall–Kier alpha value is -3.14. The van der Waals surface area contributed by atoms with E-state index >= 15 is 0 Å². The number of aromatic nitrogens is 1. The molecule has 0 aliphatic rings. The van der Waals surface area contributed by atoms with Gasteiger partial charge in [0.05, 0.1) is 17.4 Å². The van der Waals surface area contributed by atoms with Crippen LogP contribution in [0.1, 0.15) is 36.7 Å². The highest BCUT2D eigenvalue weighted by molar-refractivity contribution is 6.06. The maximum absolute atomic E-state index is 12.8. The molecule has 0 aliphatic heterocycles. The van der Waals surface area contributed by atoms with E-state index in [0.717, 1.165) is 17.1 Å². The molecular formula is C23H25N3O. The molecule has 1 amide bonds. The number of pyridine rings is 1. The summed E-state index contributed by atoms with van der Waals surface area (Å²) in [6.45, 7) is 6.54. The Morgan fingerprint density at radius 3 is 2.33 bits per heavy atom. The summed E-state index contributed by atoms with van der Waals surface area (Å²) in [6, 6.07) is 19.6. The van der Waals surface area contributed by atoms with Crippen LogP contribution in [-0.4, -0.2) is 17.9 Å². The summed E-state index contributed by atoms with van der Waals surface area (Å²) in [5.74, 6) is -0.0959. The van der Waals surface area contributed by atoms with Crippen LogP contribution >= 0.6 is 0 Å². The summed E-state index contributed by atoms with van der Waals surface area (Å²) in [4.78, 5) is 18.7. The van der Waals surface area contributed by atoms with Crippen molar-refractivity contribution in [3.8, 4) is 0 Å². The first-order chi connectivity index (χ1) is 12.9. The van der Waals surface area contributed by atoms with Crippen molar-refractivity contribution in [3.05, 3.63) is 84.2 Å². The number of hydrogen-bond donors (Lipinski definition) is 1. The Balaban J connectivity index is 1.86. The van der Waals surface area contributed by atoms with Crippen LogP contribution < -0.4 is 10.2 Å². The van der Waals surface area contributed by atoms with Gasteiger partial charge in [0.15, 0.2) is 0 Å². The molecule has 4 heteroatoms. The van der Waals surface area contributed by atoms with Crippen molar-refractivity contribution in [3.63, 3.8) is 0 Å². The minimum absolute atomic E-state index is 0.0119. The summed E-state index contributed by atoms with van der Waals surface area (Å²) in [5.41, 5.74) is 4.42. The van der Waals surface area contributed by atoms with E-state index in [1.54, 1.807) is 24.3 Å². The summed E-state index contributed by atoms with van der Waals surface area (Å²) < 4.78 is 0. The lowest BCUT2D eigenvalue weighted by Crippen LogP contribution is -2.26. The zero-order valence-electron chi connectivity index (χ0n) is 16.2. The number of benzene rings is 2. The number of para-hydroxylation sites is 2. The zero-order chi connectivity index (χ0) is 19.4. The molecule has 1 N–H and O–H groups in total. The Morgan fingerprint density at radius 2 is 1.63 bits per heavy atom. The van der Waals surface area contributed by atoms with Crippen molar-refractivity contribution in [1.82, 2.24) is 4.98 Å². The van der Waals surface area contributed by atoms with Crippen LogP contribution in [0.15, 0.2) is 73.1 Å². The van der Waals surface area contributed by atoms with Gasteiger partial charge in [0.25, 0.3) is 5.91 Å². The highest BCUT2D eigenvalue weighted by Crippen LogP contribution is 2.31. The van der Waals surface area contributed by atoms with Crippen LogP contribution in [0, 0.1) is 0 Å². The number of carbonyl (C=O) groups is 1. The predicted molar refractivity (Wildman–Crippen MR) is 112 cm³/mol. The normalized spacial score (nSPS) is 11.1. The van der Waals surface area contributed by atoms with Crippen molar-refractivity contribution >= 4 is 23.0 Å². The zero-order valence-corrected chi connectivity index (χ0v) is 16.2. The van der Waals surface area contributed by atoms with Crippen LogP contribution in [0.2, 0.25) is 0 Å². The van der Waals surface area contributed by atoms with Crippen molar-refractivity contribution in [2.45, 2.75) is 26.2 Å². The van der Waals surface area contributed by atoms with Gasteiger partial charge in [0, 0.05) is 24.6 Å². The second-order valence-corrected chi connectivity index (χ2v) is 7.58. The highest BCUT2D eigenvalue weighted by Gasteiger charge is 2.18. The van der Waals surface area contributed by atoms with Gasteiger partial charge in [-0.15, -0.1) is 0 Å². The van der Waals surface area contributed by atoms with Gasteiger partial charge in [-0.05, 0) is 35.2 Å². The average molecular weight is 359 g/mol. The number of carbonyl (C=O) groups excluding carboxylic acids is 1. The van der Waals surface area contributed by atoms with Crippen LogP contribution in [0.5, 0.6) is 0 Å². The molecule has 0 radical (unpaired) electrons. The molecule has 0 saturated carbocycles. The largest absolute Gasteiger partial charge is 0.354 e. The lowest BCUT2D eigenvalue weighted by atomic mass is 9.86. The summed E-state index contributed by atoms with van der Waals surface area (Å²) in [7, 11) is 1.77. The fourth-order valence-corrected chi connectivity index (χ4v) is 2.99. The first kappa shape index (κ1) is 18.6. The third-order valence-electron chi connectivity index (χ3n) is 4.45. The van der Waals surface area contributed by atoms with E-state index in [1.165, 1.54) is 5.56 Å². The Bertz CT molecular complexity index is 930. The fraction of sp³-hybridized carbons (Fsp3) is 0.217. The molecule has 0 fully saturated rings. The van der Waals surface area contributed by atoms with Gasteiger partial charge in [-0.3, -0.25) is 9.78 Å². The monoisotopic (exact) mass is 359 g/mol. The second-order valence-electron chi connectivity index (χ2n) is 7.58. The molecule has 0 unspecified atom stereocenters. The summed E-state index contributed by atoms with van der Waals surface area (Å²) in [6.07, 6.45) is 3.33. The molecule has 0 aliphatic carbocycles. The summed E-state index contributed by atoms with van der Waals surface area (Å²) >= 11 is 0. The number of amides is 1. The maximum Gasteiger partial charge on any atom is 0.259 e. The van der Waals surface area contributed by atoms with Gasteiger partial charge in [-0.1, -0.05) is 57.2 Å². The second kappa shape index (κ2) is 7.62. The third kappa shape index (κ3) is 4.34. The molecule has 0 saturated heterocycles. The lowest BCUT2D eigenvalue weighted by Gasteiger charge is -2.23. The summed E-state index contributed by atoms with van der Waals surface area (Å²) in [5, 5.41) is 3.42. The molecule has 0 bridgehead atoms. The number of hydrogen-bond acceptors (Lipinski definition) is 3. The Labute approximate surface area is 160 Å². The first-order valence-corrected chi connectivity index (χ1v) is 9.01. The lowest BCUT2D eigenvalue weighted by molar-refractivity contribution is 0.0992. The minimum atomic E-state index is -0.0959. The van der Waals surface area contributed by atoms with E-state index in [0.29, 0.717) is 5.56 Å². The number of nitrogens with zero attached hydrogens (tertiary/aromatic N) is 2. The van der Waals surface area contributed by atoms with Gasteiger partial charge < -0.3 is 10.2 Å². The highest BCUT2D eigenvalue weighted by atomic mass is 16.2. The number of nitrogens with one attached hydrogen (secondary N) is 1. The van der Waals surface area contributed by atoms with Gasteiger partial charge >= 0.3 is 0 Å². The fourth-order valence-electron chi connectivity index (χ4n) is 2.99. The molecule has 2 aromatic carbocycles. The minimum Gasteiger partial charge on any atom is -0.354 e. The molecular weight excluding hydrogens is 334 g/mol. The maximum atomic E-state index is 12.8. The van der Waals surface area contributed by atoms with Gasteiger partial charge in [-0.2, -0.15) is 0 Å². The Kier molecular flexibility index (Phi) is 5.26. The number of anilines is 3. The van der Waals surface area contributed by atoms with Crippen LogP contribution in [0.4, 0.5) is 17.1 Å². The van der Waals surface area contributed by atoms with Crippen LogP contribution in [-0.2, 0) is 5.41 Å². The van der Waals surface area contributed by atoms with Crippen molar-refractivity contribution in [2.24, 2.45) is 0 Å². The molecule has 3 rings (SSSR count). The standard InChI is InChI=1S/C23H25N3O/c1-23(2,3)20-12-8-9-13-21(20)25-18-14-17(15-24-16-18)22(27)26(4)19-10-6-5-7-11-19/h5-16,25H,1-4H3. The average Bonchev–Trinajstić information content (AvgIpc) is 2.67. The molecule has 0 spiro atoms. The van der Waals surface area contributed by atoms with E-state index in [4.69, 9.17) is 0 Å². The van der Waals surface area contributed by atoms with E-state index in [2.05, 4.69) is 37.1 Å². The predicted octanol–water partition coefficient (Wildman–Crippen LogP) is 5.40. The molecule has 1 heterocycles. The smallest absolute Gasteiger partial charge is 0.259 e. The quantitative estimate of drug-likeness (QED) is 0.678. The van der Waals surface area contributed by atoms with E-state index < -0.39 is 0 Å². The van der Waals surface area contributed by atoms with Crippen molar-refractivity contribution < 1.29 is 4.79 Å². The van der Waals surface area contributed by atoms with Crippen molar-refractivity contribution in [2.75, 3.05) is 17.3 Å². The topological polar surface area (TPSA) is 45.2 Å². The molecule has 138 valence electrons. The van der Waals surface area contributed by atoms with Gasteiger partial charge in [0.1, 0.15) is 0 Å². The SMILES string of the molecule is CN(C(=O)c1cncc(Nc2ccccc2C(C)(C)C)c1)c1ccccc1. The molecule has 1 aromatic heterocycles. The molecule has 0 atom stereocenters. The molecule has 3 aromatic rings. The van der Waals surface area contributed by atoms with Crippen molar-refractivity contribution in [1.29, 1.82) is 0 Å². The van der Waals surface area contributed by atoms with Crippen LogP contribution in [0.25, 0.3) is 0 Å². The van der Waals surface area contributed by atoms with Gasteiger partial charge in [0.2, 0.25) is 0 Å². The van der Waals surface area contributed by atoms with E-state index in [1.807, 2.05) is 54.6 Å². The number of rotatable bonds is 4. The van der Waals surface area contributed by atoms with E-state index in [9.17, 15) is 4.79 Å². The Morgan fingerprint density at radius 1 is 0.963 bits per heavy atom. The van der Waals surface area contributed by atoms with E-state index in [-0.39, 0.29) is 11.3 Å². The molecule has 27 heavy (non-hydrogen) atoms. The first-order valence-electron chi connectivity index (χ1n) is 9.01. The van der Waals surface area contributed by atoms with Gasteiger partial charge in [-0.25, -0.2) is 0 Å². The third-order valence-corrected chi connectivity index (χ3v) is 4.45.